The molecular weight excluding hydrogens is 319 g/mol. The van der Waals surface area contributed by atoms with Gasteiger partial charge in [0.2, 0.25) is 10.0 Å². The Labute approximate surface area is 129 Å². The van der Waals surface area contributed by atoms with Gasteiger partial charge in [0, 0.05) is 17.6 Å². The van der Waals surface area contributed by atoms with E-state index in [1.807, 2.05) is 13.8 Å². The molecule has 0 radical (unpaired) electrons. The second-order valence-corrected chi connectivity index (χ2v) is 7.59. The van der Waals surface area contributed by atoms with Crippen molar-refractivity contribution in [3.05, 3.63) is 27.7 Å². The van der Waals surface area contributed by atoms with Crippen LogP contribution in [-0.2, 0) is 16.6 Å². The molecule has 1 aromatic carbocycles. The van der Waals surface area contributed by atoms with Crippen molar-refractivity contribution in [1.29, 1.82) is 0 Å². The van der Waals surface area contributed by atoms with Crippen molar-refractivity contribution in [2.24, 2.45) is 5.92 Å². The average molecular weight is 337 g/mol. The fraction of sp³-hybridized carbons (Fsp3) is 0.538. The predicted octanol–water partition coefficient (Wildman–Crippen LogP) is 2.79. The summed E-state index contributed by atoms with van der Waals surface area (Å²) in [5, 5.41) is 3.74. The van der Waals surface area contributed by atoms with Gasteiger partial charge in [0.15, 0.2) is 0 Å². The number of sulfonamides is 1. The first-order chi connectivity index (χ1) is 9.35. The van der Waals surface area contributed by atoms with Gasteiger partial charge in [-0.05, 0) is 36.6 Å². The Kier molecular flexibility index (Phi) is 4.97. The Hall–Kier alpha value is -0.330. The first-order valence-electron chi connectivity index (χ1n) is 6.56. The summed E-state index contributed by atoms with van der Waals surface area (Å²) < 4.78 is 27.3. The number of nitrogens with one attached hydrogen (secondary N) is 2. The van der Waals surface area contributed by atoms with Crippen LogP contribution in [0.4, 0.5) is 0 Å². The van der Waals surface area contributed by atoms with Crippen molar-refractivity contribution in [2.45, 2.75) is 37.8 Å². The van der Waals surface area contributed by atoms with E-state index in [9.17, 15) is 8.42 Å². The zero-order valence-corrected chi connectivity index (χ0v) is 13.7. The maximum Gasteiger partial charge on any atom is 0.242 e. The lowest BCUT2D eigenvalue weighted by molar-refractivity contribution is 0.578. The van der Waals surface area contributed by atoms with E-state index in [1.54, 1.807) is 6.07 Å². The molecule has 4 nitrogen and oxygen atoms in total. The molecule has 0 spiro atoms. The van der Waals surface area contributed by atoms with Crippen molar-refractivity contribution in [2.75, 3.05) is 6.54 Å². The van der Waals surface area contributed by atoms with Crippen LogP contribution < -0.4 is 10.0 Å². The Balaban J connectivity index is 2.30. The minimum absolute atomic E-state index is 0.0176. The number of benzene rings is 1. The quantitative estimate of drug-likeness (QED) is 0.839. The van der Waals surface area contributed by atoms with E-state index in [0.717, 1.165) is 18.5 Å². The van der Waals surface area contributed by atoms with Crippen LogP contribution in [0.3, 0.4) is 0 Å². The van der Waals surface area contributed by atoms with Gasteiger partial charge < -0.3 is 5.32 Å². The van der Waals surface area contributed by atoms with Crippen molar-refractivity contribution < 1.29 is 8.42 Å². The number of hydrogen-bond acceptors (Lipinski definition) is 3. The van der Waals surface area contributed by atoms with E-state index in [1.165, 1.54) is 6.07 Å². The molecule has 20 heavy (non-hydrogen) atoms. The molecule has 2 unspecified atom stereocenters. The molecule has 0 heterocycles. The molecule has 0 aliphatic heterocycles. The molecule has 0 aromatic heterocycles. The van der Waals surface area contributed by atoms with Crippen molar-refractivity contribution in [3.8, 4) is 0 Å². The molecule has 2 rings (SSSR count). The van der Waals surface area contributed by atoms with E-state index in [2.05, 4.69) is 10.0 Å². The molecule has 1 fully saturated rings. The first kappa shape index (κ1) is 16.0. The lowest BCUT2D eigenvalue weighted by Crippen LogP contribution is -2.27. The molecule has 1 aliphatic carbocycles. The summed E-state index contributed by atoms with van der Waals surface area (Å²) in [6, 6.07) is 3.05. The highest BCUT2D eigenvalue weighted by Crippen LogP contribution is 2.33. The normalized spacial score (nSPS) is 22.0. The van der Waals surface area contributed by atoms with Crippen LogP contribution in [0.1, 0.15) is 25.8 Å². The van der Waals surface area contributed by atoms with Crippen LogP contribution in [0.2, 0.25) is 10.0 Å². The Morgan fingerprint density at radius 3 is 2.50 bits per heavy atom. The molecule has 1 aliphatic rings. The fourth-order valence-corrected chi connectivity index (χ4v) is 4.14. The summed E-state index contributed by atoms with van der Waals surface area (Å²) in [6.07, 6.45) is 0.870. The summed E-state index contributed by atoms with van der Waals surface area (Å²) in [6.45, 7) is 5.26. The summed E-state index contributed by atoms with van der Waals surface area (Å²) in [4.78, 5) is 0.0931. The summed E-state index contributed by atoms with van der Waals surface area (Å²) >= 11 is 12.1. The third-order valence-electron chi connectivity index (χ3n) is 3.37. The highest BCUT2D eigenvalue weighted by atomic mass is 35.5. The van der Waals surface area contributed by atoms with Gasteiger partial charge in [-0.25, -0.2) is 13.1 Å². The number of rotatable bonds is 6. The van der Waals surface area contributed by atoms with Crippen LogP contribution >= 0.6 is 23.2 Å². The third-order valence-corrected chi connectivity index (χ3v) is 5.68. The molecule has 0 amide bonds. The topological polar surface area (TPSA) is 58.2 Å². The van der Waals surface area contributed by atoms with Crippen LogP contribution in [-0.4, -0.2) is 21.0 Å². The maximum absolute atomic E-state index is 12.3. The summed E-state index contributed by atoms with van der Waals surface area (Å²) in [7, 11) is -3.59. The molecule has 0 bridgehead atoms. The number of halogens is 2. The standard InChI is InChI=1S/C13H18Cl2N2O2S/c1-3-16-7-9-5-13(11(15)6-10(9)14)20(18,19)17-12-4-8(12)2/h5-6,8,12,16-17H,3-4,7H2,1-2H3. The van der Waals surface area contributed by atoms with E-state index in [4.69, 9.17) is 23.2 Å². The van der Waals surface area contributed by atoms with Crippen LogP contribution in [0.25, 0.3) is 0 Å². The van der Waals surface area contributed by atoms with Gasteiger partial charge in [-0.2, -0.15) is 0 Å². The van der Waals surface area contributed by atoms with E-state index < -0.39 is 10.0 Å². The zero-order chi connectivity index (χ0) is 14.9. The molecule has 2 N–H and O–H groups in total. The predicted molar refractivity (Wildman–Crippen MR) is 81.7 cm³/mol. The average Bonchev–Trinajstić information content (AvgIpc) is 3.02. The van der Waals surface area contributed by atoms with E-state index >= 15 is 0 Å². The lowest BCUT2D eigenvalue weighted by atomic mass is 10.2. The van der Waals surface area contributed by atoms with Gasteiger partial charge in [-0.15, -0.1) is 0 Å². The van der Waals surface area contributed by atoms with Gasteiger partial charge in [-0.1, -0.05) is 37.0 Å². The lowest BCUT2D eigenvalue weighted by Gasteiger charge is -2.12. The fourth-order valence-electron chi connectivity index (χ4n) is 1.92. The molecular formula is C13H18Cl2N2O2S. The van der Waals surface area contributed by atoms with Crippen molar-refractivity contribution in [1.82, 2.24) is 10.0 Å². The first-order valence-corrected chi connectivity index (χ1v) is 8.80. The molecule has 2 atom stereocenters. The highest BCUT2D eigenvalue weighted by Gasteiger charge is 2.37. The third kappa shape index (κ3) is 3.65. The van der Waals surface area contributed by atoms with Gasteiger partial charge in [0.1, 0.15) is 4.90 Å². The minimum Gasteiger partial charge on any atom is -0.313 e. The Bertz CT molecular complexity index is 605. The van der Waals surface area contributed by atoms with Gasteiger partial charge in [0.05, 0.1) is 5.02 Å². The Morgan fingerprint density at radius 2 is 1.95 bits per heavy atom. The van der Waals surface area contributed by atoms with Gasteiger partial charge in [0.25, 0.3) is 0 Å². The monoisotopic (exact) mass is 336 g/mol. The van der Waals surface area contributed by atoms with Crippen LogP contribution in [0, 0.1) is 5.92 Å². The Morgan fingerprint density at radius 1 is 1.30 bits per heavy atom. The van der Waals surface area contributed by atoms with Crippen molar-refractivity contribution in [3.63, 3.8) is 0 Å². The van der Waals surface area contributed by atoms with Gasteiger partial charge >= 0.3 is 0 Å². The van der Waals surface area contributed by atoms with E-state index in [-0.39, 0.29) is 16.0 Å². The van der Waals surface area contributed by atoms with Gasteiger partial charge in [-0.3, -0.25) is 0 Å². The molecule has 1 saturated carbocycles. The minimum atomic E-state index is -3.59. The molecule has 112 valence electrons. The smallest absolute Gasteiger partial charge is 0.242 e. The second kappa shape index (κ2) is 6.20. The summed E-state index contributed by atoms with van der Waals surface area (Å²) in [5.74, 6) is 0.386. The largest absolute Gasteiger partial charge is 0.313 e. The molecule has 7 heteroatoms. The zero-order valence-electron chi connectivity index (χ0n) is 11.4. The van der Waals surface area contributed by atoms with Crippen LogP contribution in [0.15, 0.2) is 17.0 Å². The number of hydrogen-bond donors (Lipinski definition) is 2. The summed E-state index contributed by atoms with van der Waals surface area (Å²) in [5.41, 5.74) is 0.724. The second-order valence-electron chi connectivity index (χ2n) is 5.10. The molecule has 0 saturated heterocycles. The highest BCUT2D eigenvalue weighted by molar-refractivity contribution is 7.89. The van der Waals surface area contributed by atoms with Crippen molar-refractivity contribution >= 4 is 33.2 Å². The SMILES string of the molecule is CCNCc1cc(S(=O)(=O)NC2CC2C)c(Cl)cc1Cl. The van der Waals surface area contributed by atoms with E-state index in [0.29, 0.717) is 17.5 Å². The maximum atomic E-state index is 12.3. The molecule has 1 aromatic rings. The van der Waals surface area contributed by atoms with Crippen LogP contribution in [0.5, 0.6) is 0 Å².